The third-order valence-corrected chi connectivity index (χ3v) is 3.49. The summed E-state index contributed by atoms with van der Waals surface area (Å²) in [6.45, 7) is 11.0. The van der Waals surface area contributed by atoms with E-state index in [2.05, 4.69) is 24.1 Å². The molecule has 2 rings (SSSR count). The van der Waals surface area contributed by atoms with E-state index in [4.69, 9.17) is 4.74 Å². The van der Waals surface area contributed by atoms with Crippen LogP contribution in [0.5, 0.6) is 0 Å². The average Bonchev–Trinajstić information content (AvgIpc) is 2.35. The molecule has 1 aliphatic rings. The van der Waals surface area contributed by atoms with E-state index in [9.17, 15) is 4.39 Å². The smallest absolute Gasteiger partial charge is 0.146 e. The van der Waals surface area contributed by atoms with Crippen LogP contribution in [0.2, 0.25) is 0 Å². The van der Waals surface area contributed by atoms with Crippen LogP contribution in [-0.4, -0.2) is 31.3 Å². The standard InChI is InChI=1S/C16H25FN2O/c1-12(2)18-10-13-5-6-15(14(17)9-13)19-7-8-20-16(3,4)11-19/h5-6,9,12,18H,7-8,10-11H2,1-4H3. The molecule has 0 atom stereocenters. The van der Waals surface area contributed by atoms with Gasteiger partial charge >= 0.3 is 0 Å². The molecule has 4 heteroatoms. The summed E-state index contributed by atoms with van der Waals surface area (Å²) in [5.74, 6) is -0.147. The van der Waals surface area contributed by atoms with E-state index in [1.807, 2.05) is 26.0 Å². The molecule has 1 saturated heterocycles. The fraction of sp³-hybridized carbons (Fsp3) is 0.625. The van der Waals surface area contributed by atoms with E-state index in [1.54, 1.807) is 6.07 Å². The lowest BCUT2D eigenvalue weighted by Crippen LogP contribution is -2.48. The van der Waals surface area contributed by atoms with Crippen LogP contribution in [0.4, 0.5) is 10.1 Å². The van der Waals surface area contributed by atoms with Crippen molar-refractivity contribution in [2.24, 2.45) is 0 Å². The van der Waals surface area contributed by atoms with Crippen molar-refractivity contribution in [2.45, 2.75) is 45.9 Å². The highest BCUT2D eigenvalue weighted by molar-refractivity contribution is 5.50. The van der Waals surface area contributed by atoms with Crippen molar-refractivity contribution >= 4 is 5.69 Å². The highest BCUT2D eigenvalue weighted by Crippen LogP contribution is 2.26. The Kier molecular flexibility index (Phi) is 4.66. The van der Waals surface area contributed by atoms with Crippen LogP contribution in [0.15, 0.2) is 18.2 Å². The first kappa shape index (κ1) is 15.3. The largest absolute Gasteiger partial charge is 0.372 e. The summed E-state index contributed by atoms with van der Waals surface area (Å²) in [6.07, 6.45) is 0. The number of morpholine rings is 1. The second kappa shape index (κ2) is 6.10. The number of rotatable bonds is 4. The second-order valence-electron chi connectivity index (χ2n) is 6.35. The van der Waals surface area contributed by atoms with Crippen LogP contribution in [0.3, 0.4) is 0 Å². The van der Waals surface area contributed by atoms with Gasteiger partial charge in [0, 0.05) is 25.7 Å². The molecule has 0 aliphatic carbocycles. The van der Waals surface area contributed by atoms with Gasteiger partial charge in [0.25, 0.3) is 0 Å². The summed E-state index contributed by atoms with van der Waals surface area (Å²) >= 11 is 0. The topological polar surface area (TPSA) is 24.5 Å². The molecule has 0 saturated carbocycles. The number of ether oxygens (including phenoxy) is 1. The van der Waals surface area contributed by atoms with Gasteiger partial charge < -0.3 is 15.0 Å². The minimum absolute atomic E-state index is 0.147. The molecule has 1 aromatic rings. The van der Waals surface area contributed by atoms with Crippen LogP contribution < -0.4 is 10.2 Å². The van der Waals surface area contributed by atoms with Crippen molar-refractivity contribution in [3.8, 4) is 0 Å². The van der Waals surface area contributed by atoms with Crippen LogP contribution >= 0.6 is 0 Å². The van der Waals surface area contributed by atoms with Gasteiger partial charge in [0.15, 0.2) is 0 Å². The molecule has 0 amide bonds. The number of anilines is 1. The van der Waals surface area contributed by atoms with Crippen LogP contribution in [0.25, 0.3) is 0 Å². The third-order valence-electron chi connectivity index (χ3n) is 3.49. The number of nitrogens with one attached hydrogen (secondary N) is 1. The quantitative estimate of drug-likeness (QED) is 0.917. The molecule has 0 aromatic heterocycles. The van der Waals surface area contributed by atoms with Crippen molar-refractivity contribution in [1.29, 1.82) is 0 Å². The van der Waals surface area contributed by atoms with Gasteiger partial charge in [-0.15, -0.1) is 0 Å². The molecule has 0 bridgehead atoms. The molecule has 3 nitrogen and oxygen atoms in total. The Labute approximate surface area is 121 Å². The Morgan fingerprint density at radius 2 is 2.15 bits per heavy atom. The molecule has 0 radical (unpaired) electrons. The summed E-state index contributed by atoms with van der Waals surface area (Å²) in [5.41, 5.74) is 1.44. The number of benzene rings is 1. The Bertz CT molecular complexity index is 460. The Morgan fingerprint density at radius 3 is 2.75 bits per heavy atom. The zero-order valence-corrected chi connectivity index (χ0v) is 12.9. The maximum absolute atomic E-state index is 14.3. The first-order valence-electron chi connectivity index (χ1n) is 7.28. The van der Waals surface area contributed by atoms with Gasteiger partial charge in [-0.2, -0.15) is 0 Å². The van der Waals surface area contributed by atoms with Gasteiger partial charge in [0.05, 0.1) is 17.9 Å². The molecule has 112 valence electrons. The SMILES string of the molecule is CC(C)NCc1ccc(N2CCOC(C)(C)C2)c(F)c1. The van der Waals surface area contributed by atoms with Gasteiger partial charge in [0.2, 0.25) is 0 Å². The maximum Gasteiger partial charge on any atom is 0.146 e. The average molecular weight is 280 g/mol. The minimum atomic E-state index is -0.220. The summed E-state index contributed by atoms with van der Waals surface area (Å²) in [7, 11) is 0. The normalized spacial score (nSPS) is 18.6. The van der Waals surface area contributed by atoms with E-state index in [0.29, 0.717) is 31.4 Å². The summed E-state index contributed by atoms with van der Waals surface area (Å²) in [6, 6.07) is 5.91. The fourth-order valence-corrected chi connectivity index (χ4v) is 2.46. The van der Waals surface area contributed by atoms with Crippen LogP contribution in [0, 0.1) is 5.82 Å². The van der Waals surface area contributed by atoms with Crippen LogP contribution in [0.1, 0.15) is 33.3 Å². The second-order valence-corrected chi connectivity index (χ2v) is 6.35. The number of hydrogen-bond donors (Lipinski definition) is 1. The molecule has 1 aromatic carbocycles. The van der Waals surface area contributed by atoms with Gasteiger partial charge in [-0.25, -0.2) is 4.39 Å². The van der Waals surface area contributed by atoms with Crippen molar-refractivity contribution in [1.82, 2.24) is 5.32 Å². The highest BCUT2D eigenvalue weighted by Gasteiger charge is 2.28. The molecule has 1 heterocycles. The van der Waals surface area contributed by atoms with E-state index < -0.39 is 0 Å². The number of halogens is 1. The minimum Gasteiger partial charge on any atom is -0.372 e. The Balaban J connectivity index is 2.09. The first-order valence-corrected chi connectivity index (χ1v) is 7.28. The first-order chi connectivity index (χ1) is 9.37. The lowest BCUT2D eigenvalue weighted by Gasteiger charge is -2.39. The number of nitrogens with zero attached hydrogens (tertiary/aromatic N) is 1. The van der Waals surface area contributed by atoms with E-state index in [1.165, 1.54) is 0 Å². The third kappa shape index (κ3) is 3.93. The van der Waals surface area contributed by atoms with E-state index in [-0.39, 0.29) is 11.4 Å². The predicted octanol–water partition coefficient (Wildman–Crippen LogP) is 2.94. The lowest BCUT2D eigenvalue weighted by atomic mass is 10.1. The zero-order valence-electron chi connectivity index (χ0n) is 12.9. The molecule has 1 N–H and O–H groups in total. The molecular formula is C16H25FN2O. The van der Waals surface area contributed by atoms with E-state index in [0.717, 1.165) is 12.1 Å². The fourth-order valence-electron chi connectivity index (χ4n) is 2.46. The van der Waals surface area contributed by atoms with Gasteiger partial charge in [-0.1, -0.05) is 19.9 Å². The molecule has 0 spiro atoms. The van der Waals surface area contributed by atoms with Crippen molar-refractivity contribution in [2.75, 3.05) is 24.6 Å². The molecular weight excluding hydrogens is 255 g/mol. The summed E-state index contributed by atoms with van der Waals surface area (Å²) in [5, 5.41) is 3.30. The van der Waals surface area contributed by atoms with Crippen molar-refractivity contribution < 1.29 is 9.13 Å². The molecule has 1 fully saturated rings. The van der Waals surface area contributed by atoms with Crippen molar-refractivity contribution in [3.63, 3.8) is 0 Å². The predicted molar refractivity (Wildman–Crippen MR) is 80.6 cm³/mol. The van der Waals surface area contributed by atoms with Gasteiger partial charge in [-0.3, -0.25) is 0 Å². The van der Waals surface area contributed by atoms with Crippen molar-refractivity contribution in [3.05, 3.63) is 29.6 Å². The number of hydrogen-bond acceptors (Lipinski definition) is 3. The Morgan fingerprint density at radius 1 is 1.40 bits per heavy atom. The lowest BCUT2D eigenvalue weighted by molar-refractivity contribution is -0.0278. The van der Waals surface area contributed by atoms with Gasteiger partial charge in [-0.05, 0) is 31.5 Å². The van der Waals surface area contributed by atoms with Crippen LogP contribution in [-0.2, 0) is 11.3 Å². The molecule has 20 heavy (non-hydrogen) atoms. The monoisotopic (exact) mass is 280 g/mol. The summed E-state index contributed by atoms with van der Waals surface area (Å²) < 4.78 is 20.0. The Hall–Kier alpha value is -1.13. The van der Waals surface area contributed by atoms with Gasteiger partial charge in [0.1, 0.15) is 5.82 Å². The van der Waals surface area contributed by atoms with E-state index >= 15 is 0 Å². The zero-order chi connectivity index (χ0) is 14.8. The summed E-state index contributed by atoms with van der Waals surface area (Å²) in [4.78, 5) is 2.07. The highest BCUT2D eigenvalue weighted by atomic mass is 19.1. The molecule has 1 aliphatic heterocycles. The molecule has 0 unspecified atom stereocenters. The maximum atomic E-state index is 14.3.